The van der Waals surface area contributed by atoms with Crippen LogP contribution in [-0.4, -0.2) is 22.4 Å². The molecule has 1 aromatic heterocycles. The molecular formula is C13H11FN4O. The Labute approximate surface area is 109 Å². The number of nitrogens with two attached hydrogens (primary N) is 1. The number of anilines is 1. The standard InChI is InChI=1S/C13H11FN4O/c14-10-3-4-11(9(8-10)2-1-5-15)12(19)18-13-16-6-7-17-13/h3-4,6-8H,5,15H2,(H2,16,17,18,19). The fourth-order valence-corrected chi connectivity index (χ4v) is 1.47. The van der Waals surface area contributed by atoms with E-state index in [1.807, 2.05) is 0 Å². The van der Waals surface area contributed by atoms with Crippen molar-refractivity contribution in [2.45, 2.75) is 0 Å². The molecule has 5 nitrogen and oxygen atoms in total. The average molecular weight is 258 g/mol. The van der Waals surface area contributed by atoms with Gasteiger partial charge in [0, 0.05) is 18.0 Å². The van der Waals surface area contributed by atoms with Gasteiger partial charge >= 0.3 is 0 Å². The molecule has 0 aliphatic heterocycles. The largest absolute Gasteiger partial charge is 0.331 e. The third kappa shape index (κ3) is 3.18. The molecule has 0 atom stereocenters. The zero-order chi connectivity index (χ0) is 13.7. The van der Waals surface area contributed by atoms with Crippen LogP contribution in [0.4, 0.5) is 10.3 Å². The van der Waals surface area contributed by atoms with Crippen LogP contribution in [0.3, 0.4) is 0 Å². The molecule has 0 aliphatic carbocycles. The highest BCUT2D eigenvalue weighted by Crippen LogP contribution is 2.12. The van der Waals surface area contributed by atoms with E-state index in [1.165, 1.54) is 24.4 Å². The van der Waals surface area contributed by atoms with E-state index < -0.39 is 11.7 Å². The van der Waals surface area contributed by atoms with Crippen LogP contribution in [0.15, 0.2) is 30.6 Å². The first-order chi connectivity index (χ1) is 9.20. The van der Waals surface area contributed by atoms with Gasteiger partial charge in [-0.15, -0.1) is 0 Å². The van der Waals surface area contributed by atoms with Gasteiger partial charge in [0.25, 0.3) is 5.91 Å². The number of nitrogens with zero attached hydrogens (tertiary/aromatic N) is 1. The van der Waals surface area contributed by atoms with Crippen LogP contribution >= 0.6 is 0 Å². The lowest BCUT2D eigenvalue weighted by atomic mass is 10.1. The first-order valence-corrected chi connectivity index (χ1v) is 5.50. The fourth-order valence-electron chi connectivity index (χ4n) is 1.47. The maximum Gasteiger partial charge on any atom is 0.259 e. The van der Waals surface area contributed by atoms with Gasteiger partial charge in [0.2, 0.25) is 5.95 Å². The second kappa shape index (κ2) is 5.80. The van der Waals surface area contributed by atoms with Crippen molar-refractivity contribution in [1.82, 2.24) is 9.97 Å². The number of carbonyl (C=O) groups is 1. The summed E-state index contributed by atoms with van der Waals surface area (Å²) in [6, 6.07) is 3.76. The van der Waals surface area contributed by atoms with Crippen LogP contribution in [0, 0.1) is 17.7 Å². The minimum atomic E-state index is -0.462. The number of rotatable bonds is 2. The number of aromatic nitrogens is 2. The van der Waals surface area contributed by atoms with E-state index in [9.17, 15) is 9.18 Å². The molecule has 0 bridgehead atoms. The molecular weight excluding hydrogens is 247 g/mol. The van der Waals surface area contributed by atoms with Gasteiger partial charge in [0.1, 0.15) is 5.82 Å². The van der Waals surface area contributed by atoms with Crippen molar-refractivity contribution in [2.24, 2.45) is 5.73 Å². The predicted octanol–water partition coefficient (Wildman–Crippen LogP) is 1.11. The van der Waals surface area contributed by atoms with Crippen molar-refractivity contribution in [3.8, 4) is 11.8 Å². The Morgan fingerprint density at radius 3 is 3.05 bits per heavy atom. The van der Waals surface area contributed by atoms with Crippen LogP contribution in [0.1, 0.15) is 15.9 Å². The third-order valence-corrected chi connectivity index (χ3v) is 2.28. The molecule has 0 fully saturated rings. The summed E-state index contributed by atoms with van der Waals surface area (Å²) in [6.07, 6.45) is 3.09. The van der Waals surface area contributed by atoms with Gasteiger partial charge in [0.15, 0.2) is 0 Å². The predicted molar refractivity (Wildman–Crippen MR) is 68.9 cm³/mol. The lowest BCUT2D eigenvalue weighted by molar-refractivity contribution is 0.102. The normalized spacial score (nSPS) is 9.58. The summed E-state index contributed by atoms with van der Waals surface area (Å²) in [5.74, 6) is 4.69. The summed E-state index contributed by atoms with van der Waals surface area (Å²) in [5.41, 5.74) is 5.82. The maximum absolute atomic E-state index is 13.2. The molecule has 0 spiro atoms. The minimum Gasteiger partial charge on any atom is -0.331 e. The van der Waals surface area contributed by atoms with Gasteiger partial charge in [-0.3, -0.25) is 10.1 Å². The molecule has 6 heteroatoms. The molecule has 0 radical (unpaired) electrons. The van der Waals surface area contributed by atoms with Crippen molar-refractivity contribution < 1.29 is 9.18 Å². The number of benzene rings is 1. The van der Waals surface area contributed by atoms with Crippen molar-refractivity contribution in [1.29, 1.82) is 0 Å². The van der Waals surface area contributed by atoms with Crippen LogP contribution in [-0.2, 0) is 0 Å². The average Bonchev–Trinajstić information content (AvgIpc) is 2.89. The Hall–Kier alpha value is -2.65. The van der Waals surface area contributed by atoms with E-state index in [1.54, 1.807) is 6.20 Å². The summed E-state index contributed by atoms with van der Waals surface area (Å²) >= 11 is 0. The van der Waals surface area contributed by atoms with Crippen molar-refractivity contribution in [2.75, 3.05) is 11.9 Å². The van der Waals surface area contributed by atoms with Crippen molar-refractivity contribution in [3.63, 3.8) is 0 Å². The second-order valence-electron chi connectivity index (χ2n) is 3.59. The monoisotopic (exact) mass is 258 g/mol. The number of hydrogen-bond acceptors (Lipinski definition) is 3. The summed E-state index contributed by atoms with van der Waals surface area (Å²) in [6.45, 7) is 0.135. The number of imidazole rings is 1. The van der Waals surface area contributed by atoms with E-state index >= 15 is 0 Å². The zero-order valence-electron chi connectivity index (χ0n) is 9.90. The Morgan fingerprint density at radius 2 is 2.37 bits per heavy atom. The van der Waals surface area contributed by atoms with Gasteiger partial charge in [0.05, 0.1) is 12.1 Å². The molecule has 0 aliphatic rings. The fraction of sp³-hybridized carbons (Fsp3) is 0.0769. The Kier molecular flexibility index (Phi) is 3.90. The maximum atomic E-state index is 13.2. The van der Waals surface area contributed by atoms with E-state index in [-0.39, 0.29) is 17.7 Å². The van der Waals surface area contributed by atoms with E-state index in [0.29, 0.717) is 5.95 Å². The smallest absolute Gasteiger partial charge is 0.259 e. The van der Waals surface area contributed by atoms with Gasteiger partial charge < -0.3 is 10.7 Å². The lowest BCUT2D eigenvalue weighted by Gasteiger charge is -2.04. The number of hydrogen-bond donors (Lipinski definition) is 3. The molecule has 1 heterocycles. The Morgan fingerprint density at radius 1 is 1.53 bits per heavy atom. The number of nitrogens with one attached hydrogen (secondary N) is 2. The molecule has 1 aromatic carbocycles. The first-order valence-electron chi connectivity index (χ1n) is 5.50. The number of H-pyrrole nitrogens is 1. The topological polar surface area (TPSA) is 83.8 Å². The summed E-state index contributed by atoms with van der Waals surface area (Å²) < 4.78 is 13.2. The molecule has 1 amide bonds. The van der Waals surface area contributed by atoms with Crippen LogP contribution in [0.2, 0.25) is 0 Å². The van der Waals surface area contributed by atoms with Crippen molar-refractivity contribution >= 4 is 11.9 Å². The van der Waals surface area contributed by atoms with Gasteiger partial charge in [-0.25, -0.2) is 9.37 Å². The Bertz CT molecular complexity index is 640. The van der Waals surface area contributed by atoms with Gasteiger partial charge in [-0.1, -0.05) is 11.8 Å². The molecule has 96 valence electrons. The van der Waals surface area contributed by atoms with Crippen LogP contribution in [0.5, 0.6) is 0 Å². The number of carbonyl (C=O) groups excluding carboxylic acids is 1. The molecule has 0 saturated heterocycles. The van der Waals surface area contributed by atoms with E-state index in [4.69, 9.17) is 5.73 Å². The van der Waals surface area contributed by atoms with E-state index in [2.05, 4.69) is 27.1 Å². The summed E-state index contributed by atoms with van der Waals surface area (Å²) in [4.78, 5) is 18.6. The van der Waals surface area contributed by atoms with Gasteiger partial charge in [-0.2, -0.15) is 0 Å². The highest BCUT2D eigenvalue weighted by atomic mass is 19.1. The molecule has 0 unspecified atom stereocenters. The minimum absolute atomic E-state index is 0.135. The Balaban J connectivity index is 2.30. The van der Waals surface area contributed by atoms with E-state index in [0.717, 1.165) is 0 Å². The summed E-state index contributed by atoms with van der Waals surface area (Å²) in [7, 11) is 0. The summed E-state index contributed by atoms with van der Waals surface area (Å²) in [5, 5.41) is 2.55. The van der Waals surface area contributed by atoms with Gasteiger partial charge in [-0.05, 0) is 18.2 Å². The molecule has 2 rings (SSSR count). The second-order valence-corrected chi connectivity index (χ2v) is 3.59. The zero-order valence-corrected chi connectivity index (χ0v) is 9.90. The third-order valence-electron chi connectivity index (χ3n) is 2.28. The molecule has 4 N–H and O–H groups in total. The quantitative estimate of drug-likeness (QED) is 0.705. The molecule has 19 heavy (non-hydrogen) atoms. The number of aromatic amines is 1. The molecule has 0 saturated carbocycles. The van der Waals surface area contributed by atoms with Crippen molar-refractivity contribution in [3.05, 3.63) is 47.5 Å². The first kappa shape index (κ1) is 12.8. The molecule has 2 aromatic rings. The highest BCUT2D eigenvalue weighted by molar-refractivity contribution is 6.05. The number of halogens is 1. The SMILES string of the molecule is NCC#Cc1cc(F)ccc1C(=O)Nc1ncc[nH]1. The number of amides is 1. The van der Waals surface area contributed by atoms with Crippen LogP contribution in [0.25, 0.3) is 0 Å². The highest BCUT2D eigenvalue weighted by Gasteiger charge is 2.12. The van der Waals surface area contributed by atoms with Crippen LogP contribution < -0.4 is 11.1 Å². The lowest BCUT2D eigenvalue weighted by Crippen LogP contribution is -2.14.